The number of hydrogen-bond acceptors (Lipinski definition) is 8. The minimum Gasteiger partial charge on any atom is -0.415 e. The van der Waals surface area contributed by atoms with Crippen molar-refractivity contribution in [2.24, 2.45) is 0 Å². The van der Waals surface area contributed by atoms with Crippen LogP contribution < -0.4 is 0 Å². The highest BCUT2D eigenvalue weighted by molar-refractivity contribution is 7.99. The molecule has 0 aliphatic rings. The lowest BCUT2D eigenvalue weighted by molar-refractivity contribution is -0.141. The van der Waals surface area contributed by atoms with E-state index in [1.807, 2.05) is 12.3 Å². The van der Waals surface area contributed by atoms with Crippen molar-refractivity contribution in [3.05, 3.63) is 39.8 Å². The highest BCUT2D eigenvalue weighted by atomic mass is 32.2. The molecule has 0 N–H and O–H groups in total. The lowest BCUT2D eigenvalue weighted by atomic mass is 10.3. The minimum absolute atomic E-state index is 0.181. The van der Waals surface area contributed by atoms with E-state index in [4.69, 9.17) is 4.42 Å². The molecule has 0 spiro atoms. The highest BCUT2D eigenvalue weighted by Crippen LogP contribution is 2.29. The summed E-state index contributed by atoms with van der Waals surface area (Å²) in [5.41, 5.74) is -0.228. The molecule has 3 aromatic rings. The summed E-state index contributed by atoms with van der Waals surface area (Å²) in [5.74, 6) is 0.373. The molecule has 3 heterocycles. The molecular weight excluding hydrogens is 351 g/mol. The summed E-state index contributed by atoms with van der Waals surface area (Å²) < 4.78 is 42.6. The summed E-state index contributed by atoms with van der Waals surface area (Å²) in [6, 6.07) is 2.05. The van der Waals surface area contributed by atoms with Crippen LogP contribution in [0.5, 0.6) is 0 Å². The van der Waals surface area contributed by atoms with E-state index in [9.17, 15) is 13.2 Å². The molecular formula is C12H8F3N5OS2. The molecule has 0 saturated heterocycles. The maximum absolute atomic E-state index is 12.4. The molecule has 0 amide bonds. The average Bonchev–Trinajstić information content (AvgIpc) is 3.08. The van der Waals surface area contributed by atoms with Gasteiger partial charge in [0, 0.05) is 5.38 Å². The molecule has 0 atom stereocenters. The maximum Gasteiger partial charge on any atom is 0.435 e. The fourth-order valence-electron chi connectivity index (χ4n) is 1.61. The number of aryl methyl sites for hydroxylation is 1. The van der Waals surface area contributed by atoms with Gasteiger partial charge in [-0.15, -0.1) is 31.7 Å². The van der Waals surface area contributed by atoms with Gasteiger partial charge < -0.3 is 4.42 Å². The minimum atomic E-state index is -4.51. The van der Waals surface area contributed by atoms with Crippen LogP contribution in [0.4, 0.5) is 13.2 Å². The van der Waals surface area contributed by atoms with Crippen molar-refractivity contribution >= 4 is 23.1 Å². The molecule has 0 aromatic carbocycles. The third-order valence-corrected chi connectivity index (χ3v) is 4.16. The number of rotatable bonds is 4. The van der Waals surface area contributed by atoms with E-state index in [1.165, 1.54) is 17.4 Å². The summed E-state index contributed by atoms with van der Waals surface area (Å²) >= 11 is 2.46. The summed E-state index contributed by atoms with van der Waals surface area (Å²) in [7, 11) is 0. The van der Waals surface area contributed by atoms with Crippen LogP contribution in [0.15, 0.2) is 32.2 Å². The Balaban J connectivity index is 1.67. The molecule has 11 heteroatoms. The van der Waals surface area contributed by atoms with Gasteiger partial charge in [0.05, 0.1) is 17.1 Å². The molecule has 0 saturated carbocycles. The van der Waals surface area contributed by atoms with Gasteiger partial charge in [0.1, 0.15) is 5.03 Å². The average molecular weight is 359 g/mol. The molecule has 0 radical (unpaired) electrons. The van der Waals surface area contributed by atoms with Gasteiger partial charge in [-0.1, -0.05) is 0 Å². The summed E-state index contributed by atoms with van der Waals surface area (Å²) in [4.78, 5) is 4.29. The summed E-state index contributed by atoms with van der Waals surface area (Å²) in [5, 5.41) is 17.6. The van der Waals surface area contributed by atoms with Gasteiger partial charge in [0.2, 0.25) is 5.89 Å². The number of alkyl halides is 3. The van der Waals surface area contributed by atoms with E-state index in [-0.39, 0.29) is 10.2 Å². The molecule has 3 rings (SSSR count). The smallest absolute Gasteiger partial charge is 0.415 e. The van der Waals surface area contributed by atoms with Gasteiger partial charge >= 0.3 is 6.18 Å². The third kappa shape index (κ3) is 4.05. The van der Waals surface area contributed by atoms with Crippen molar-refractivity contribution in [2.75, 3.05) is 0 Å². The molecule has 3 aromatic heterocycles. The standard InChI is InChI=1S/C12H8F3N5OS2/c1-6-16-7(5-22-6)4-9-18-20-11(21-9)23-10-3-2-8(17-19-10)12(13,14)15/h2-3,5H,4H2,1H3. The molecule has 0 bridgehead atoms. The lowest BCUT2D eigenvalue weighted by Gasteiger charge is -2.03. The van der Waals surface area contributed by atoms with Gasteiger partial charge in [-0.3, -0.25) is 0 Å². The zero-order valence-electron chi connectivity index (χ0n) is 11.5. The lowest BCUT2D eigenvalue weighted by Crippen LogP contribution is -2.08. The fourth-order valence-corrected chi connectivity index (χ4v) is 2.84. The monoisotopic (exact) mass is 359 g/mol. The van der Waals surface area contributed by atoms with Crippen molar-refractivity contribution in [3.8, 4) is 0 Å². The topological polar surface area (TPSA) is 77.6 Å². The summed E-state index contributed by atoms with van der Waals surface area (Å²) in [6.45, 7) is 1.90. The van der Waals surface area contributed by atoms with Crippen LogP contribution in [-0.2, 0) is 12.6 Å². The Hall–Kier alpha value is -2.01. The van der Waals surface area contributed by atoms with E-state index < -0.39 is 11.9 Å². The van der Waals surface area contributed by atoms with E-state index in [0.717, 1.165) is 28.5 Å². The molecule has 0 aliphatic heterocycles. The molecule has 0 fully saturated rings. The zero-order valence-corrected chi connectivity index (χ0v) is 13.2. The SMILES string of the molecule is Cc1nc(Cc2nnc(Sc3ccc(C(F)(F)F)nn3)o2)cs1. The number of halogens is 3. The van der Waals surface area contributed by atoms with E-state index in [2.05, 4.69) is 25.4 Å². The van der Waals surface area contributed by atoms with Crippen LogP contribution in [0.2, 0.25) is 0 Å². The Bertz CT molecular complexity index is 800. The Labute approximate surface area is 136 Å². The summed E-state index contributed by atoms with van der Waals surface area (Å²) in [6.07, 6.45) is -4.11. The quantitative estimate of drug-likeness (QED) is 0.706. The molecule has 0 aliphatic carbocycles. The first-order valence-electron chi connectivity index (χ1n) is 6.22. The van der Waals surface area contributed by atoms with Crippen molar-refractivity contribution in [1.29, 1.82) is 0 Å². The van der Waals surface area contributed by atoms with E-state index in [0.29, 0.717) is 12.3 Å². The number of aromatic nitrogens is 5. The van der Waals surface area contributed by atoms with Crippen molar-refractivity contribution < 1.29 is 17.6 Å². The molecule has 23 heavy (non-hydrogen) atoms. The molecule has 6 nitrogen and oxygen atoms in total. The van der Waals surface area contributed by atoms with Crippen molar-refractivity contribution in [1.82, 2.24) is 25.4 Å². The second kappa shape index (κ2) is 6.24. The molecule has 0 unspecified atom stereocenters. The Morgan fingerprint density at radius 2 is 2.00 bits per heavy atom. The molecule has 120 valence electrons. The van der Waals surface area contributed by atoms with Gasteiger partial charge in [-0.05, 0) is 30.8 Å². The van der Waals surface area contributed by atoms with Crippen molar-refractivity contribution in [3.63, 3.8) is 0 Å². The van der Waals surface area contributed by atoms with Gasteiger partial charge in [-0.25, -0.2) is 4.98 Å². The van der Waals surface area contributed by atoms with Crippen LogP contribution in [0.25, 0.3) is 0 Å². The number of nitrogens with zero attached hydrogens (tertiary/aromatic N) is 5. The predicted molar refractivity (Wildman–Crippen MR) is 75.1 cm³/mol. The Morgan fingerprint density at radius 1 is 1.17 bits per heavy atom. The van der Waals surface area contributed by atoms with Gasteiger partial charge in [-0.2, -0.15) is 13.2 Å². The Kier molecular flexibility index (Phi) is 4.31. The second-order valence-electron chi connectivity index (χ2n) is 4.35. The van der Waals surface area contributed by atoms with Crippen LogP contribution in [-0.4, -0.2) is 25.4 Å². The van der Waals surface area contributed by atoms with Crippen LogP contribution in [0.3, 0.4) is 0 Å². The fraction of sp³-hybridized carbons (Fsp3) is 0.250. The van der Waals surface area contributed by atoms with Crippen LogP contribution in [0, 0.1) is 6.92 Å². The predicted octanol–water partition coefficient (Wildman–Crippen LogP) is 3.39. The third-order valence-electron chi connectivity index (χ3n) is 2.57. The first kappa shape index (κ1) is 15.9. The Morgan fingerprint density at radius 3 is 2.61 bits per heavy atom. The number of hydrogen-bond donors (Lipinski definition) is 0. The first-order chi connectivity index (χ1) is 10.9. The first-order valence-corrected chi connectivity index (χ1v) is 7.92. The van der Waals surface area contributed by atoms with Crippen LogP contribution >= 0.6 is 23.1 Å². The van der Waals surface area contributed by atoms with Crippen LogP contribution in [0.1, 0.15) is 22.3 Å². The highest BCUT2D eigenvalue weighted by Gasteiger charge is 2.32. The second-order valence-corrected chi connectivity index (χ2v) is 6.39. The zero-order chi connectivity index (χ0) is 16.4. The normalized spacial score (nSPS) is 11.8. The van der Waals surface area contributed by atoms with E-state index >= 15 is 0 Å². The van der Waals surface area contributed by atoms with Crippen molar-refractivity contribution in [2.45, 2.75) is 29.8 Å². The van der Waals surface area contributed by atoms with Gasteiger partial charge in [0.15, 0.2) is 5.69 Å². The largest absolute Gasteiger partial charge is 0.435 e. The van der Waals surface area contributed by atoms with Gasteiger partial charge in [0.25, 0.3) is 5.22 Å². The maximum atomic E-state index is 12.4. The number of thiazole rings is 1. The van der Waals surface area contributed by atoms with E-state index in [1.54, 1.807) is 0 Å².